The van der Waals surface area contributed by atoms with Crippen molar-refractivity contribution in [3.63, 3.8) is 0 Å². The number of benzene rings is 1. The van der Waals surface area contributed by atoms with Crippen molar-refractivity contribution in [1.82, 2.24) is 4.98 Å². The molecule has 0 amide bonds. The quantitative estimate of drug-likeness (QED) is 0.870. The van der Waals surface area contributed by atoms with Crippen molar-refractivity contribution < 1.29 is 4.74 Å². The van der Waals surface area contributed by atoms with Gasteiger partial charge in [-0.15, -0.1) is 0 Å². The van der Waals surface area contributed by atoms with Gasteiger partial charge in [-0.25, -0.2) is 4.98 Å². The molecule has 0 radical (unpaired) electrons. The Labute approximate surface area is 118 Å². The Morgan fingerprint density at radius 2 is 2.16 bits per heavy atom. The van der Waals surface area contributed by atoms with Gasteiger partial charge in [0.1, 0.15) is 11.6 Å². The lowest BCUT2D eigenvalue weighted by molar-refractivity contribution is 0.420. The molecule has 0 spiro atoms. The number of anilines is 1. The highest BCUT2D eigenvalue weighted by atomic mass is 32.2. The number of aromatic nitrogens is 1. The lowest BCUT2D eigenvalue weighted by Crippen LogP contribution is -2.09. The zero-order valence-electron chi connectivity index (χ0n) is 11.6. The summed E-state index contributed by atoms with van der Waals surface area (Å²) < 4.78 is 5.38. The van der Waals surface area contributed by atoms with Crippen LogP contribution in [-0.2, 0) is 0 Å². The fraction of sp³-hybridized carbons (Fsp3) is 0.400. The second-order valence-electron chi connectivity index (χ2n) is 4.48. The maximum absolute atomic E-state index is 5.38. The van der Waals surface area contributed by atoms with Gasteiger partial charge in [0.2, 0.25) is 0 Å². The van der Waals surface area contributed by atoms with Gasteiger partial charge in [-0.1, -0.05) is 19.1 Å². The molecule has 1 aromatic carbocycles. The molecule has 0 aliphatic rings. The van der Waals surface area contributed by atoms with E-state index in [1.54, 1.807) is 7.11 Å². The molecule has 19 heavy (non-hydrogen) atoms. The number of ether oxygens (including phenoxy) is 1. The topological polar surface area (TPSA) is 34.1 Å². The van der Waals surface area contributed by atoms with Gasteiger partial charge in [-0.05, 0) is 24.8 Å². The van der Waals surface area contributed by atoms with Crippen molar-refractivity contribution >= 4 is 28.4 Å². The van der Waals surface area contributed by atoms with Gasteiger partial charge in [0.25, 0.3) is 0 Å². The zero-order chi connectivity index (χ0) is 13.7. The molecule has 102 valence electrons. The summed E-state index contributed by atoms with van der Waals surface area (Å²) in [5.41, 5.74) is 0. The average Bonchev–Trinajstić information content (AvgIpc) is 2.46. The molecule has 0 bridgehead atoms. The predicted molar refractivity (Wildman–Crippen MR) is 84.4 cm³/mol. The molecule has 0 saturated carbocycles. The Morgan fingerprint density at radius 1 is 1.32 bits per heavy atom. The van der Waals surface area contributed by atoms with Crippen LogP contribution in [-0.4, -0.2) is 30.1 Å². The molecular weight excluding hydrogens is 256 g/mol. The van der Waals surface area contributed by atoms with Crippen LogP contribution in [0.15, 0.2) is 30.5 Å². The summed E-state index contributed by atoms with van der Waals surface area (Å²) in [5, 5.41) is 6.30. The van der Waals surface area contributed by atoms with Crippen LogP contribution < -0.4 is 10.1 Å². The van der Waals surface area contributed by atoms with Crippen molar-refractivity contribution in [2.75, 3.05) is 25.2 Å². The van der Waals surface area contributed by atoms with E-state index >= 15 is 0 Å². The Morgan fingerprint density at radius 3 is 2.89 bits per heavy atom. The van der Waals surface area contributed by atoms with Gasteiger partial charge in [0, 0.05) is 28.8 Å². The maximum Gasteiger partial charge on any atom is 0.133 e. The molecule has 4 heteroatoms. The van der Waals surface area contributed by atoms with E-state index in [1.165, 1.54) is 0 Å². The van der Waals surface area contributed by atoms with Gasteiger partial charge in [-0.2, -0.15) is 11.8 Å². The molecule has 2 aromatic rings. The minimum atomic E-state index is 0.664. The number of hydrogen-bond acceptors (Lipinski definition) is 4. The number of nitrogens with zero attached hydrogens (tertiary/aromatic N) is 1. The Balaban J connectivity index is 2.19. The second-order valence-corrected chi connectivity index (χ2v) is 5.75. The first-order valence-electron chi connectivity index (χ1n) is 6.44. The highest BCUT2D eigenvalue weighted by molar-refractivity contribution is 7.99. The fourth-order valence-electron chi connectivity index (χ4n) is 2.01. The summed E-state index contributed by atoms with van der Waals surface area (Å²) in [5.74, 6) is 1.82. The molecule has 0 aliphatic carbocycles. The molecule has 0 fully saturated rings. The minimum absolute atomic E-state index is 0.664. The number of rotatable bonds is 6. The SMILES string of the molecule is COc1cccc2c(NCCC(C)SC)nccc12. The number of methoxy groups -OCH3 is 1. The van der Waals surface area contributed by atoms with Crippen molar-refractivity contribution in [1.29, 1.82) is 0 Å². The Bertz CT molecular complexity index is 545. The molecular formula is C15H20N2OS. The largest absolute Gasteiger partial charge is 0.496 e. The molecule has 1 heterocycles. The number of nitrogens with one attached hydrogen (secondary N) is 1. The van der Waals surface area contributed by atoms with Crippen molar-refractivity contribution in [3.05, 3.63) is 30.5 Å². The molecule has 0 aliphatic heterocycles. The normalized spacial score (nSPS) is 12.4. The summed E-state index contributed by atoms with van der Waals surface area (Å²) in [4.78, 5) is 4.43. The lowest BCUT2D eigenvalue weighted by atomic mass is 10.1. The zero-order valence-corrected chi connectivity index (χ0v) is 12.5. The molecule has 1 unspecified atom stereocenters. The first-order chi connectivity index (χ1) is 9.26. The van der Waals surface area contributed by atoms with Crippen LogP contribution in [0.2, 0.25) is 0 Å². The van der Waals surface area contributed by atoms with Crippen LogP contribution >= 0.6 is 11.8 Å². The first kappa shape index (κ1) is 14.0. The van der Waals surface area contributed by atoms with E-state index in [-0.39, 0.29) is 0 Å². The summed E-state index contributed by atoms with van der Waals surface area (Å²) >= 11 is 1.89. The second kappa shape index (κ2) is 6.66. The number of fused-ring (bicyclic) bond motifs is 1. The summed E-state index contributed by atoms with van der Waals surface area (Å²) in [6.07, 6.45) is 5.10. The van der Waals surface area contributed by atoms with Crippen LogP contribution in [0.1, 0.15) is 13.3 Å². The van der Waals surface area contributed by atoms with E-state index in [1.807, 2.05) is 36.2 Å². The van der Waals surface area contributed by atoms with E-state index in [0.717, 1.165) is 35.3 Å². The average molecular weight is 276 g/mol. The standard InChI is InChI=1S/C15H20N2OS/c1-11(19-3)7-9-16-15-13-5-4-6-14(18-2)12(13)8-10-17-15/h4-6,8,10-11H,7,9H2,1-3H3,(H,16,17). The maximum atomic E-state index is 5.38. The third-order valence-electron chi connectivity index (χ3n) is 3.23. The summed E-state index contributed by atoms with van der Waals surface area (Å²) in [6, 6.07) is 8.04. The number of pyridine rings is 1. The highest BCUT2D eigenvalue weighted by Gasteiger charge is 2.06. The van der Waals surface area contributed by atoms with Gasteiger partial charge in [-0.3, -0.25) is 0 Å². The summed E-state index contributed by atoms with van der Waals surface area (Å²) in [7, 11) is 1.70. The van der Waals surface area contributed by atoms with E-state index in [2.05, 4.69) is 29.5 Å². The molecule has 1 N–H and O–H groups in total. The minimum Gasteiger partial charge on any atom is -0.496 e. The van der Waals surface area contributed by atoms with E-state index in [4.69, 9.17) is 4.74 Å². The third kappa shape index (κ3) is 3.32. The van der Waals surface area contributed by atoms with E-state index in [0.29, 0.717) is 5.25 Å². The van der Waals surface area contributed by atoms with E-state index in [9.17, 15) is 0 Å². The van der Waals surface area contributed by atoms with E-state index < -0.39 is 0 Å². The highest BCUT2D eigenvalue weighted by Crippen LogP contribution is 2.28. The van der Waals surface area contributed by atoms with Crippen molar-refractivity contribution in [3.8, 4) is 5.75 Å². The van der Waals surface area contributed by atoms with Gasteiger partial charge < -0.3 is 10.1 Å². The van der Waals surface area contributed by atoms with Crippen LogP contribution in [0.4, 0.5) is 5.82 Å². The molecule has 2 rings (SSSR count). The fourth-order valence-corrected chi connectivity index (χ4v) is 2.36. The van der Waals surface area contributed by atoms with Gasteiger partial charge in [0.05, 0.1) is 7.11 Å². The van der Waals surface area contributed by atoms with Crippen molar-refractivity contribution in [2.24, 2.45) is 0 Å². The smallest absolute Gasteiger partial charge is 0.133 e. The Kier molecular flexibility index (Phi) is 4.91. The lowest BCUT2D eigenvalue weighted by Gasteiger charge is -2.12. The Hall–Kier alpha value is -1.42. The molecule has 1 atom stereocenters. The van der Waals surface area contributed by atoms with Crippen LogP contribution in [0, 0.1) is 0 Å². The van der Waals surface area contributed by atoms with Gasteiger partial charge in [0.15, 0.2) is 0 Å². The van der Waals surface area contributed by atoms with Crippen molar-refractivity contribution in [2.45, 2.75) is 18.6 Å². The molecule has 3 nitrogen and oxygen atoms in total. The van der Waals surface area contributed by atoms with Crippen LogP contribution in [0.3, 0.4) is 0 Å². The first-order valence-corrected chi connectivity index (χ1v) is 7.73. The third-order valence-corrected chi connectivity index (χ3v) is 4.27. The van der Waals surface area contributed by atoms with Crippen LogP contribution in [0.5, 0.6) is 5.75 Å². The number of hydrogen-bond donors (Lipinski definition) is 1. The molecule has 1 aromatic heterocycles. The van der Waals surface area contributed by atoms with Gasteiger partial charge >= 0.3 is 0 Å². The molecule has 0 saturated heterocycles. The summed E-state index contributed by atoms with van der Waals surface area (Å²) in [6.45, 7) is 3.18. The predicted octanol–water partition coefficient (Wildman–Crippen LogP) is 3.80. The monoisotopic (exact) mass is 276 g/mol. The van der Waals surface area contributed by atoms with Crippen LogP contribution in [0.25, 0.3) is 10.8 Å². The number of thioether (sulfide) groups is 1.